The average molecular weight is 448 g/mol. The first-order valence-electron chi connectivity index (χ1n) is 10.6. The number of rotatable bonds is 9. The Morgan fingerprint density at radius 2 is 1.55 bits per heavy atom. The van der Waals surface area contributed by atoms with Gasteiger partial charge in [-0.1, -0.05) is 0 Å². The number of aryl methyl sites for hydroxylation is 2. The van der Waals surface area contributed by atoms with E-state index in [-0.39, 0.29) is 4.90 Å². The Balaban J connectivity index is 1.44. The first-order valence-corrected chi connectivity index (χ1v) is 12.1. The van der Waals surface area contributed by atoms with Crippen LogP contribution < -0.4 is 19.1 Å². The first-order chi connectivity index (χ1) is 14.8. The molecule has 0 aliphatic carbocycles. The molecular formula is C23H33N3O4S. The van der Waals surface area contributed by atoms with Gasteiger partial charge in [0.25, 0.3) is 0 Å². The maximum absolute atomic E-state index is 12.7. The van der Waals surface area contributed by atoms with E-state index in [0.717, 1.165) is 61.8 Å². The van der Waals surface area contributed by atoms with Gasteiger partial charge in [-0.05, 0) is 74.3 Å². The number of nitrogens with zero attached hydrogens (tertiary/aromatic N) is 2. The summed E-state index contributed by atoms with van der Waals surface area (Å²) in [6.07, 6.45) is 0.774. The monoisotopic (exact) mass is 447 g/mol. The molecular weight excluding hydrogens is 414 g/mol. The lowest BCUT2D eigenvalue weighted by Gasteiger charge is -2.36. The molecule has 0 bridgehead atoms. The molecule has 1 saturated heterocycles. The van der Waals surface area contributed by atoms with Crippen LogP contribution in [-0.4, -0.2) is 66.8 Å². The molecule has 3 rings (SSSR count). The van der Waals surface area contributed by atoms with Crippen LogP contribution in [0.3, 0.4) is 0 Å². The molecule has 1 aliphatic rings. The minimum absolute atomic E-state index is 0.288. The molecule has 0 saturated carbocycles. The van der Waals surface area contributed by atoms with Gasteiger partial charge in [0.15, 0.2) is 0 Å². The van der Waals surface area contributed by atoms with Gasteiger partial charge in [0.2, 0.25) is 10.0 Å². The second-order valence-corrected chi connectivity index (χ2v) is 9.64. The zero-order valence-electron chi connectivity index (χ0n) is 18.8. The molecule has 1 aliphatic heterocycles. The van der Waals surface area contributed by atoms with Gasteiger partial charge in [-0.2, -0.15) is 0 Å². The minimum atomic E-state index is -3.53. The highest BCUT2D eigenvalue weighted by Crippen LogP contribution is 2.26. The van der Waals surface area contributed by atoms with Gasteiger partial charge >= 0.3 is 0 Å². The van der Waals surface area contributed by atoms with E-state index in [1.807, 2.05) is 26.0 Å². The molecule has 2 aromatic carbocycles. The third-order valence-electron chi connectivity index (χ3n) is 5.70. The Labute approximate surface area is 186 Å². The SMILES string of the molecule is COc1ccc(N2CCN(CCCNS(=O)(=O)c3cc(C)c(OC)c(C)c3)CC2)cc1. The summed E-state index contributed by atoms with van der Waals surface area (Å²) in [7, 11) is -0.257. The molecule has 170 valence electrons. The molecule has 0 radical (unpaired) electrons. The molecule has 0 unspecified atom stereocenters. The normalized spacial score (nSPS) is 15.2. The van der Waals surface area contributed by atoms with Crippen molar-refractivity contribution in [2.24, 2.45) is 0 Å². The molecule has 8 heteroatoms. The number of sulfonamides is 1. The highest BCUT2D eigenvalue weighted by atomic mass is 32.2. The number of nitrogens with one attached hydrogen (secondary N) is 1. The number of methoxy groups -OCH3 is 2. The molecule has 0 atom stereocenters. The smallest absolute Gasteiger partial charge is 0.240 e. The van der Waals surface area contributed by atoms with Gasteiger partial charge in [0, 0.05) is 38.4 Å². The minimum Gasteiger partial charge on any atom is -0.497 e. The van der Waals surface area contributed by atoms with E-state index in [1.54, 1.807) is 26.4 Å². The van der Waals surface area contributed by atoms with Gasteiger partial charge in [-0.3, -0.25) is 4.90 Å². The highest BCUT2D eigenvalue weighted by molar-refractivity contribution is 7.89. The van der Waals surface area contributed by atoms with Crippen molar-refractivity contribution in [1.82, 2.24) is 9.62 Å². The molecule has 31 heavy (non-hydrogen) atoms. The summed E-state index contributed by atoms with van der Waals surface area (Å²) in [5, 5.41) is 0. The fourth-order valence-corrected chi connectivity index (χ4v) is 5.25. The molecule has 2 aromatic rings. The standard InChI is InChI=1S/C23H33N3O4S/c1-18-16-22(17-19(2)23(18)30-4)31(27,28)24-10-5-11-25-12-14-26(15-13-25)20-6-8-21(29-3)9-7-20/h6-9,16-17,24H,5,10-15H2,1-4H3. The Morgan fingerprint density at radius 1 is 0.935 bits per heavy atom. The number of hydrogen-bond acceptors (Lipinski definition) is 6. The topological polar surface area (TPSA) is 71.1 Å². The van der Waals surface area contributed by atoms with Crippen LogP contribution in [0.15, 0.2) is 41.3 Å². The summed E-state index contributed by atoms with van der Waals surface area (Å²) in [6, 6.07) is 11.5. The Bertz CT molecular complexity index is 946. The summed E-state index contributed by atoms with van der Waals surface area (Å²) in [5.74, 6) is 1.59. The van der Waals surface area contributed by atoms with E-state index in [1.165, 1.54) is 5.69 Å². The third-order valence-corrected chi connectivity index (χ3v) is 7.14. The van der Waals surface area contributed by atoms with Gasteiger partial charge in [-0.25, -0.2) is 13.1 Å². The lowest BCUT2D eigenvalue weighted by atomic mass is 10.1. The summed E-state index contributed by atoms with van der Waals surface area (Å²) >= 11 is 0. The van der Waals surface area contributed by atoms with Crippen LogP contribution in [0.25, 0.3) is 0 Å². The van der Waals surface area contributed by atoms with Crippen molar-refractivity contribution in [3.63, 3.8) is 0 Å². The predicted molar refractivity (Wildman–Crippen MR) is 124 cm³/mol. The lowest BCUT2D eigenvalue weighted by molar-refractivity contribution is 0.255. The number of anilines is 1. The van der Waals surface area contributed by atoms with Crippen LogP contribution in [0.5, 0.6) is 11.5 Å². The number of hydrogen-bond donors (Lipinski definition) is 1. The highest BCUT2D eigenvalue weighted by Gasteiger charge is 2.19. The Hall–Kier alpha value is -2.29. The van der Waals surface area contributed by atoms with Crippen molar-refractivity contribution in [3.8, 4) is 11.5 Å². The van der Waals surface area contributed by atoms with Crippen LogP contribution >= 0.6 is 0 Å². The van der Waals surface area contributed by atoms with E-state index < -0.39 is 10.0 Å². The summed E-state index contributed by atoms with van der Waals surface area (Å²) in [6.45, 7) is 8.87. The van der Waals surface area contributed by atoms with Crippen molar-refractivity contribution < 1.29 is 17.9 Å². The summed E-state index contributed by atoms with van der Waals surface area (Å²) in [5.41, 5.74) is 2.84. The summed E-state index contributed by atoms with van der Waals surface area (Å²) in [4.78, 5) is 5.04. The average Bonchev–Trinajstić information content (AvgIpc) is 2.77. The number of piperazine rings is 1. The van der Waals surface area contributed by atoms with E-state index in [2.05, 4.69) is 26.7 Å². The Morgan fingerprint density at radius 3 is 2.10 bits per heavy atom. The lowest BCUT2D eigenvalue weighted by Crippen LogP contribution is -2.47. The van der Waals surface area contributed by atoms with Crippen LogP contribution in [0, 0.1) is 13.8 Å². The van der Waals surface area contributed by atoms with Crippen LogP contribution in [0.1, 0.15) is 17.5 Å². The van der Waals surface area contributed by atoms with Crippen molar-refractivity contribution in [2.45, 2.75) is 25.2 Å². The van der Waals surface area contributed by atoms with E-state index in [9.17, 15) is 8.42 Å². The zero-order valence-corrected chi connectivity index (χ0v) is 19.7. The summed E-state index contributed by atoms with van der Waals surface area (Å²) < 4.78 is 38.6. The molecule has 0 spiro atoms. The van der Waals surface area contributed by atoms with Crippen LogP contribution in [-0.2, 0) is 10.0 Å². The third kappa shape index (κ3) is 5.90. The largest absolute Gasteiger partial charge is 0.497 e. The second kappa shape index (κ2) is 10.3. The quantitative estimate of drug-likeness (QED) is 0.596. The molecule has 1 N–H and O–H groups in total. The van der Waals surface area contributed by atoms with Crippen molar-refractivity contribution in [1.29, 1.82) is 0 Å². The molecule has 0 amide bonds. The van der Waals surface area contributed by atoms with Gasteiger partial charge in [0.05, 0.1) is 19.1 Å². The fraction of sp³-hybridized carbons (Fsp3) is 0.478. The maximum atomic E-state index is 12.7. The van der Waals surface area contributed by atoms with E-state index >= 15 is 0 Å². The Kier molecular flexibility index (Phi) is 7.80. The van der Waals surface area contributed by atoms with Crippen LogP contribution in [0.4, 0.5) is 5.69 Å². The van der Waals surface area contributed by atoms with Crippen molar-refractivity contribution >= 4 is 15.7 Å². The van der Waals surface area contributed by atoms with E-state index in [4.69, 9.17) is 9.47 Å². The van der Waals surface area contributed by atoms with Gasteiger partial charge in [-0.15, -0.1) is 0 Å². The molecule has 1 heterocycles. The van der Waals surface area contributed by atoms with Gasteiger partial charge < -0.3 is 14.4 Å². The molecule has 7 nitrogen and oxygen atoms in total. The van der Waals surface area contributed by atoms with Crippen molar-refractivity contribution in [3.05, 3.63) is 47.5 Å². The molecule has 0 aromatic heterocycles. The second-order valence-electron chi connectivity index (χ2n) is 7.87. The van der Waals surface area contributed by atoms with Crippen LogP contribution in [0.2, 0.25) is 0 Å². The fourth-order valence-electron chi connectivity index (χ4n) is 4.00. The van der Waals surface area contributed by atoms with Gasteiger partial charge in [0.1, 0.15) is 11.5 Å². The number of ether oxygens (including phenoxy) is 2. The maximum Gasteiger partial charge on any atom is 0.240 e. The van der Waals surface area contributed by atoms with E-state index in [0.29, 0.717) is 6.54 Å². The zero-order chi connectivity index (χ0) is 22.4. The molecule has 1 fully saturated rings. The van der Waals surface area contributed by atoms with Crippen molar-refractivity contribution in [2.75, 3.05) is 58.4 Å². The number of benzene rings is 2. The predicted octanol–water partition coefficient (Wildman–Crippen LogP) is 2.81. The first kappa shape index (κ1) is 23.4.